The summed E-state index contributed by atoms with van der Waals surface area (Å²) in [6.45, 7) is 1.85. The van der Waals surface area contributed by atoms with Gasteiger partial charge in [0.2, 0.25) is 5.91 Å². The molecule has 30 heavy (non-hydrogen) atoms. The third-order valence-electron chi connectivity index (χ3n) is 5.27. The van der Waals surface area contributed by atoms with Crippen LogP contribution in [0.5, 0.6) is 0 Å². The van der Waals surface area contributed by atoms with Gasteiger partial charge in [0, 0.05) is 11.3 Å². The Hall–Kier alpha value is -3.08. The Bertz CT molecular complexity index is 1180. The molecule has 0 saturated carbocycles. The summed E-state index contributed by atoms with van der Waals surface area (Å²) >= 11 is 1.59. The number of nitrogens with zero attached hydrogens (tertiary/aromatic N) is 5. The van der Waals surface area contributed by atoms with Crippen LogP contribution in [0.25, 0.3) is 10.2 Å². The van der Waals surface area contributed by atoms with Gasteiger partial charge in [-0.2, -0.15) is 4.68 Å². The largest absolute Gasteiger partial charge is 0.389 e. The van der Waals surface area contributed by atoms with Crippen molar-refractivity contribution in [2.75, 3.05) is 5.43 Å². The van der Waals surface area contributed by atoms with Crippen molar-refractivity contribution in [3.8, 4) is 0 Å². The summed E-state index contributed by atoms with van der Waals surface area (Å²) in [5.74, 6) is -0.242. The molecule has 3 aromatic rings. The van der Waals surface area contributed by atoms with E-state index in [1.54, 1.807) is 18.3 Å². The lowest BCUT2D eigenvalue weighted by atomic mass is 9.98. The molecule has 0 aliphatic heterocycles. The summed E-state index contributed by atoms with van der Waals surface area (Å²) in [5.41, 5.74) is 3.46. The number of thiophene rings is 1. The lowest BCUT2D eigenvalue weighted by Gasteiger charge is -2.12. The van der Waals surface area contributed by atoms with Crippen molar-refractivity contribution in [1.29, 1.82) is 0 Å². The van der Waals surface area contributed by atoms with Crippen molar-refractivity contribution < 1.29 is 9.72 Å². The molecular weight excluding hydrogens is 408 g/mol. The number of aromatic nitrogens is 4. The van der Waals surface area contributed by atoms with E-state index >= 15 is 0 Å². The van der Waals surface area contributed by atoms with Gasteiger partial charge in [0.05, 0.1) is 29.3 Å². The van der Waals surface area contributed by atoms with Gasteiger partial charge >= 0.3 is 5.82 Å². The number of aryl methyl sites for hydroxylation is 4. The highest BCUT2D eigenvalue weighted by Crippen LogP contribution is 2.32. The van der Waals surface area contributed by atoms with Gasteiger partial charge in [-0.1, -0.05) is 12.8 Å². The number of rotatable bonds is 5. The van der Waals surface area contributed by atoms with Gasteiger partial charge in [-0.05, 0) is 43.1 Å². The molecule has 11 heteroatoms. The second kappa shape index (κ2) is 8.34. The topological polar surface area (TPSA) is 125 Å². The van der Waals surface area contributed by atoms with Crippen LogP contribution in [0, 0.1) is 17.0 Å². The number of hydrogen-bond donors (Lipinski definition) is 1. The van der Waals surface area contributed by atoms with Gasteiger partial charge < -0.3 is 10.1 Å². The Balaban J connectivity index is 1.55. The minimum absolute atomic E-state index is 0.0183. The number of nitro groups is 1. The Morgan fingerprint density at radius 1 is 1.30 bits per heavy atom. The number of hydrogen-bond acceptors (Lipinski definition) is 7. The molecule has 158 valence electrons. The minimum Gasteiger partial charge on any atom is -0.358 e. The second-order valence-corrected chi connectivity index (χ2v) is 8.46. The van der Waals surface area contributed by atoms with Crippen molar-refractivity contribution in [3.05, 3.63) is 49.0 Å². The molecule has 4 rings (SSSR count). The molecule has 1 N–H and O–H groups in total. The molecule has 0 radical (unpaired) electrons. The highest BCUT2D eigenvalue weighted by atomic mass is 32.1. The molecule has 0 bridgehead atoms. The maximum Gasteiger partial charge on any atom is 0.389 e. The van der Waals surface area contributed by atoms with E-state index in [1.807, 2.05) is 0 Å². The first-order chi connectivity index (χ1) is 14.4. The van der Waals surface area contributed by atoms with Crippen molar-refractivity contribution in [1.82, 2.24) is 19.4 Å². The highest BCUT2D eigenvalue weighted by molar-refractivity contribution is 7.18. The summed E-state index contributed by atoms with van der Waals surface area (Å²) in [6, 6.07) is 1.27. The first kappa shape index (κ1) is 20.2. The van der Waals surface area contributed by atoms with Gasteiger partial charge in [-0.15, -0.1) is 11.3 Å². The van der Waals surface area contributed by atoms with Crippen molar-refractivity contribution >= 4 is 33.3 Å². The van der Waals surface area contributed by atoms with E-state index in [0.29, 0.717) is 11.2 Å². The van der Waals surface area contributed by atoms with Crippen LogP contribution >= 0.6 is 11.3 Å². The molecular formula is C19H22N6O4S. The van der Waals surface area contributed by atoms with Gasteiger partial charge in [0.25, 0.3) is 5.56 Å². The second-order valence-electron chi connectivity index (χ2n) is 7.38. The van der Waals surface area contributed by atoms with Crippen LogP contribution in [0.2, 0.25) is 0 Å². The number of amides is 1. The SMILES string of the molecule is Cc1nc2sc3c(c2c(=O)n1NC(=O)CCn1ccc([N+](=O)[O-])n1)CCCCCC3. The lowest BCUT2D eigenvalue weighted by Crippen LogP contribution is -2.36. The van der Waals surface area contributed by atoms with Crippen molar-refractivity contribution in [3.63, 3.8) is 0 Å². The lowest BCUT2D eigenvalue weighted by molar-refractivity contribution is -0.389. The van der Waals surface area contributed by atoms with E-state index in [2.05, 4.69) is 15.5 Å². The van der Waals surface area contributed by atoms with E-state index in [-0.39, 0.29) is 24.3 Å². The van der Waals surface area contributed by atoms with Crippen LogP contribution in [0.1, 0.15) is 48.4 Å². The van der Waals surface area contributed by atoms with Crippen LogP contribution in [0.3, 0.4) is 0 Å². The molecule has 3 heterocycles. The normalized spacial score (nSPS) is 14.2. The van der Waals surface area contributed by atoms with Gasteiger partial charge in [0.15, 0.2) is 0 Å². The van der Waals surface area contributed by atoms with Crippen LogP contribution in [0.15, 0.2) is 17.1 Å². The molecule has 10 nitrogen and oxygen atoms in total. The average molecular weight is 430 g/mol. The van der Waals surface area contributed by atoms with Crippen LogP contribution in [0.4, 0.5) is 5.82 Å². The molecule has 1 amide bonds. The van der Waals surface area contributed by atoms with E-state index in [9.17, 15) is 19.7 Å². The van der Waals surface area contributed by atoms with Gasteiger partial charge in [0.1, 0.15) is 10.7 Å². The Labute approximate surface area is 175 Å². The maximum absolute atomic E-state index is 13.2. The molecule has 0 atom stereocenters. The molecule has 0 unspecified atom stereocenters. The summed E-state index contributed by atoms with van der Waals surface area (Å²) in [4.78, 5) is 42.3. The number of carbonyl (C=O) groups is 1. The Morgan fingerprint density at radius 3 is 2.80 bits per heavy atom. The Kier molecular flexibility index (Phi) is 5.62. The fraction of sp³-hybridized carbons (Fsp3) is 0.474. The molecule has 0 aromatic carbocycles. The fourth-order valence-electron chi connectivity index (χ4n) is 3.76. The number of fused-ring (bicyclic) bond motifs is 3. The zero-order valence-corrected chi connectivity index (χ0v) is 17.4. The standard InChI is InChI=1S/C19H22N6O4S/c1-12-20-18-17(13-6-4-2-3-5-7-14(13)30-18)19(27)24(12)22-16(26)9-11-23-10-8-15(21-23)25(28)29/h8,10H,2-7,9,11H2,1H3,(H,22,26). The van der Waals surface area contributed by atoms with E-state index in [0.717, 1.165) is 42.5 Å². The number of nitrogens with one attached hydrogen (secondary N) is 1. The van der Waals surface area contributed by atoms with E-state index < -0.39 is 10.8 Å². The average Bonchev–Trinajstić information content (AvgIpc) is 3.28. The monoisotopic (exact) mass is 430 g/mol. The first-order valence-electron chi connectivity index (χ1n) is 9.95. The summed E-state index contributed by atoms with van der Waals surface area (Å²) in [6.07, 6.45) is 7.83. The smallest absolute Gasteiger partial charge is 0.358 e. The molecule has 0 saturated heterocycles. The molecule has 3 aromatic heterocycles. The summed E-state index contributed by atoms with van der Waals surface area (Å²) < 4.78 is 2.54. The predicted molar refractivity (Wildman–Crippen MR) is 112 cm³/mol. The highest BCUT2D eigenvalue weighted by Gasteiger charge is 2.21. The van der Waals surface area contributed by atoms with Crippen molar-refractivity contribution in [2.24, 2.45) is 0 Å². The molecule has 0 spiro atoms. The molecule has 1 aliphatic carbocycles. The maximum atomic E-state index is 13.2. The van der Waals surface area contributed by atoms with E-state index in [4.69, 9.17) is 0 Å². The number of carbonyl (C=O) groups excluding carboxylic acids is 1. The Morgan fingerprint density at radius 2 is 2.07 bits per heavy atom. The zero-order valence-electron chi connectivity index (χ0n) is 16.6. The summed E-state index contributed by atoms with van der Waals surface area (Å²) in [5, 5.41) is 15.1. The van der Waals surface area contributed by atoms with Crippen LogP contribution in [-0.4, -0.2) is 30.3 Å². The summed E-state index contributed by atoms with van der Waals surface area (Å²) in [7, 11) is 0. The first-order valence-corrected chi connectivity index (χ1v) is 10.8. The fourth-order valence-corrected chi connectivity index (χ4v) is 5.06. The zero-order chi connectivity index (χ0) is 21.3. The molecule has 0 fully saturated rings. The predicted octanol–water partition coefficient (Wildman–Crippen LogP) is 2.69. The third-order valence-corrected chi connectivity index (χ3v) is 6.46. The van der Waals surface area contributed by atoms with Gasteiger partial charge in [-0.25, -0.2) is 9.66 Å². The van der Waals surface area contributed by atoms with E-state index in [1.165, 1.54) is 32.9 Å². The third kappa shape index (κ3) is 3.97. The van der Waals surface area contributed by atoms with Gasteiger partial charge in [-0.3, -0.25) is 15.0 Å². The van der Waals surface area contributed by atoms with Crippen LogP contribution in [-0.2, 0) is 24.2 Å². The quantitative estimate of drug-likeness (QED) is 0.490. The van der Waals surface area contributed by atoms with Crippen molar-refractivity contribution in [2.45, 2.75) is 58.4 Å². The van der Waals surface area contributed by atoms with Crippen LogP contribution < -0.4 is 11.0 Å². The minimum atomic E-state index is -0.591. The molecule has 1 aliphatic rings.